The van der Waals surface area contributed by atoms with E-state index in [9.17, 15) is 4.79 Å². The Bertz CT molecular complexity index is 635. The number of hydrogen-bond acceptors (Lipinski definition) is 5. The minimum Gasteiger partial charge on any atom is -0.392 e. The maximum absolute atomic E-state index is 12.2. The number of carbonyl (C=O) groups excluding carboxylic acids is 1. The molecule has 21 heavy (non-hydrogen) atoms. The summed E-state index contributed by atoms with van der Waals surface area (Å²) in [5.74, 6) is -0.245. The molecule has 2 heterocycles. The first-order valence-corrected chi connectivity index (χ1v) is 7.72. The molecule has 110 valence electrons. The Morgan fingerprint density at radius 3 is 3.19 bits per heavy atom. The second-order valence-electron chi connectivity index (χ2n) is 4.89. The number of rotatable bonds is 4. The van der Waals surface area contributed by atoms with E-state index in [0.29, 0.717) is 11.4 Å². The van der Waals surface area contributed by atoms with Crippen molar-refractivity contribution in [2.75, 3.05) is 11.9 Å². The summed E-state index contributed by atoms with van der Waals surface area (Å²) in [5.41, 5.74) is 1.81. The fraction of sp³-hybridized carbons (Fsp3) is 0.333. The highest BCUT2D eigenvalue weighted by molar-refractivity contribution is 7.09. The van der Waals surface area contributed by atoms with Crippen LogP contribution in [0.4, 0.5) is 5.69 Å². The van der Waals surface area contributed by atoms with Gasteiger partial charge in [-0.2, -0.15) is 0 Å². The van der Waals surface area contributed by atoms with Crippen molar-refractivity contribution in [3.05, 3.63) is 45.9 Å². The van der Waals surface area contributed by atoms with Crippen LogP contribution in [0.2, 0.25) is 0 Å². The van der Waals surface area contributed by atoms with E-state index >= 15 is 0 Å². The van der Waals surface area contributed by atoms with Gasteiger partial charge in [0, 0.05) is 17.7 Å². The molecule has 5 nitrogen and oxygen atoms in total. The minimum absolute atomic E-state index is 0.0364. The molecular weight excluding hydrogens is 288 g/mol. The molecule has 6 heteroatoms. The summed E-state index contributed by atoms with van der Waals surface area (Å²) in [6.07, 6.45) is 2.04. The SMILES string of the molecule is O=C(Nc1cccc(CO)c1)c1csc(C2CCCO2)n1. The smallest absolute Gasteiger partial charge is 0.275 e. The monoisotopic (exact) mass is 304 g/mol. The van der Waals surface area contributed by atoms with Gasteiger partial charge in [0.15, 0.2) is 0 Å². The van der Waals surface area contributed by atoms with Crippen molar-refractivity contribution in [3.8, 4) is 0 Å². The molecule has 0 spiro atoms. The Kier molecular flexibility index (Phi) is 4.28. The number of nitrogens with zero attached hydrogens (tertiary/aromatic N) is 1. The number of aliphatic hydroxyl groups is 1. The molecule has 1 aromatic carbocycles. The lowest BCUT2D eigenvalue weighted by Gasteiger charge is -2.05. The largest absolute Gasteiger partial charge is 0.392 e. The summed E-state index contributed by atoms with van der Waals surface area (Å²) in [6.45, 7) is 0.712. The number of ether oxygens (including phenoxy) is 1. The molecule has 1 fully saturated rings. The van der Waals surface area contributed by atoms with Gasteiger partial charge in [-0.25, -0.2) is 4.98 Å². The molecule has 2 aromatic rings. The molecule has 0 aliphatic carbocycles. The predicted octanol–water partition coefficient (Wildman–Crippen LogP) is 2.74. The highest BCUT2D eigenvalue weighted by Crippen LogP contribution is 2.30. The Morgan fingerprint density at radius 1 is 1.52 bits per heavy atom. The lowest BCUT2D eigenvalue weighted by Crippen LogP contribution is -2.12. The minimum atomic E-state index is -0.245. The summed E-state index contributed by atoms with van der Waals surface area (Å²) < 4.78 is 5.57. The van der Waals surface area contributed by atoms with Crippen LogP contribution in [-0.4, -0.2) is 22.6 Å². The molecule has 3 rings (SSSR count). The molecule has 1 aliphatic rings. The average Bonchev–Trinajstić information content (AvgIpc) is 3.18. The number of anilines is 1. The van der Waals surface area contributed by atoms with E-state index in [1.165, 1.54) is 11.3 Å². The van der Waals surface area contributed by atoms with Crippen molar-refractivity contribution in [2.24, 2.45) is 0 Å². The molecule has 1 saturated heterocycles. The summed E-state index contributed by atoms with van der Waals surface area (Å²) in [4.78, 5) is 16.5. The molecule has 0 bridgehead atoms. The van der Waals surface area contributed by atoms with Gasteiger partial charge in [0.1, 0.15) is 16.8 Å². The molecule has 2 N–H and O–H groups in total. The first-order valence-electron chi connectivity index (χ1n) is 6.84. The van der Waals surface area contributed by atoms with E-state index in [0.717, 1.165) is 30.0 Å². The number of aromatic nitrogens is 1. The first-order chi connectivity index (χ1) is 10.3. The third kappa shape index (κ3) is 3.29. The van der Waals surface area contributed by atoms with Crippen LogP contribution in [0, 0.1) is 0 Å². The third-order valence-corrected chi connectivity index (χ3v) is 4.26. The molecular formula is C15H16N2O3S. The van der Waals surface area contributed by atoms with Gasteiger partial charge in [-0.15, -0.1) is 11.3 Å². The van der Waals surface area contributed by atoms with Crippen LogP contribution >= 0.6 is 11.3 Å². The van der Waals surface area contributed by atoms with Gasteiger partial charge in [-0.3, -0.25) is 4.79 Å². The maximum atomic E-state index is 12.2. The number of carbonyl (C=O) groups is 1. The van der Waals surface area contributed by atoms with E-state index in [2.05, 4.69) is 10.3 Å². The van der Waals surface area contributed by atoms with Gasteiger partial charge < -0.3 is 15.2 Å². The van der Waals surface area contributed by atoms with Crippen LogP contribution in [0.1, 0.15) is 40.0 Å². The van der Waals surface area contributed by atoms with E-state index < -0.39 is 0 Å². The normalized spacial score (nSPS) is 17.9. The van der Waals surface area contributed by atoms with Gasteiger partial charge in [-0.1, -0.05) is 12.1 Å². The van der Waals surface area contributed by atoms with E-state index in [-0.39, 0.29) is 18.6 Å². The van der Waals surface area contributed by atoms with E-state index in [1.807, 2.05) is 0 Å². The van der Waals surface area contributed by atoms with Gasteiger partial charge in [0.2, 0.25) is 0 Å². The number of aliphatic hydroxyl groups excluding tert-OH is 1. The molecule has 1 amide bonds. The average molecular weight is 304 g/mol. The van der Waals surface area contributed by atoms with Crippen molar-refractivity contribution in [2.45, 2.75) is 25.6 Å². The van der Waals surface area contributed by atoms with Crippen LogP contribution in [0.5, 0.6) is 0 Å². The first kappa shape index (κ1) is 14.2. The fourth-order valence-electron chi connectivity index (χ4n) is 2.25. The van der Waals surface area contributed by atoms with E-state index in [1.54, 1.807) is 29.6 Å². The van der Waals surface area contributed by atoms with Crippen molar-refractivity contribution in [3.63, 3.8) is 0 Å². The highest BCUT2D eigenvalue weighted by atomic mass is 32.1. The van der Waals surface area contributed by atoms with Crippen molar-refractivity contribution in [1.29, 1.82) is 0 Å². The van der Waals surface area contributed by atoms with Crippen LogP contribution < -0.4 is 5.32 Å². The number of thiazole rings is 1. The lowest BCUT2D eigenvalue weighted by molar-refractivity contribution is 0.101. The fourth-order valence-corrected chi connectivity index (χ4v) is 3.14. The maximum Gasteiger partial charge on any atom is 0.275 e. The summed E-state index contributed by atoms with van der Waals surface area (Å²) in [7, 11) is 0. The topological polar surface area (TPSA) is 71.5 Å². The Hall–Kier alpha value is -1.76. The molecule has 0 radical (unpaired) electrons. The standard InChI is InChI=1S/C15H16N2O3S/c18-8-10-3-1-4-11(7-10)16-14(19)12-9-21-15(17-12)13-5-2-6-20-13/h1,3-4,7,9,13,18H,2,5-6,8H2,(H,16,19). The molecule has 1 aromatic heterocycles. The Morgan fingerprint density at radius 2 is 2.43 bits per heavy atom. The second-order valence-corrected chi connectivity index (χ2v) is 5.77. The second kappa shape index (κ2) is 6.34. The third-order valence-electron chi connectivity index (χ3n) is 3.33. The molecule has 1 aliphatic heterocycles. The number of amides is 1. The lowest BCUT2D eigenvalue weighted by atomic mass is 10.2. The zero-order chi connectivity index (χ0) is 14.7. The van der Waals surface area contributed by atoms with E-state index in [4.69, 9.17) is 9.84 Å². The quantitative estimate of drug-likeness (QED) is 0.911. The van der Waals surface area contributed by atoms with Crippen molar-refractivity contribution < 1.29 is 14.6 Å². The number of nitrogens with one attached hydrogen (secondary N) is 1. The zero-order valence-electron chi connectivity index (χ0n) is 11.4. The van der Waals surface area contributed by atoms with Crippen molar-refractivity contribution in [1.82, 2.24) is 4.98 Å². The number of hydrogen-bond donors (Lipinski definition) is 2. The van der Waals surface area contributed by atoms with Crippen LogP contribution in [0.25, 0.3) is 0 Å². The Labute approximate surface area is 126 Å². The van der Waals surface area contributed by atoms with Gasteiger partial charge >= 0.3 is 0 Å². The van der Waals surface area contributed by atoms with Crippen LogP contribution in [0.3, 0.4) is 0 Å². The molecule has 0 saturated carbocycles. The van der Waals surface area contributed by atoms with Crippen LogP contribution in [0.15, 0.2) is 29.6 Å². The van der Waals surface area contributed by atoms with Crippen molar-refractivity contribution >= 4 is 22.9 Å². The van der Waals surface area contributed by atoms with Gasteiger partial charge in [0.25, 0.3) is 5.91 Å². The summed E-state index contributed by atoms with van der Waals surface area (Å²) >= 11 is 1.46. The zero-order valence-corrected chi connectivity index (χ0v) is 12.2. The number of benzene rings is 1. The molecule has 1 atom stereocenters. The van der Waals surface area contributed by atoms with Gasteiger partial charge in [-0.05, 0) is 30.5 Å². The summed E-state index contributed by atoms with van der Waals surface area (Å²) in [5, 5.41) is 14.5. The van der Waals surface area contributed by atoms with Crippen LogP contribution in [-0.2, 0) is 11.3 Å². The summed E-state index contributed by atoms with van der Waals surface area (Å²) in [6, 6.07) is 7.11. The van der Waals surface area contributed by atoms with Gasteiger partial charge in [0.05, 0.1) is 6.61 Å². The Balaban J connectivity index is 1.70. The highest BCUT2D eigenvalue weighted by Gasteiger charge is 2.22. The predicted molar refractivity (Wildman–Crippen MR) is 80.4 cm³/mol. The molecule has 1 unspecified atom stereocenters.